The maximum atomic E-state index is 12.3. The molecule has 39 heavy (non-hydrogen) atoms. The molecule has 0 radical (unpaired) electrons. The first-order chi connectivity index (χ1) is 19.1. The number of nitrogen functional groups attached to an aromatic ring is 1. The number of rotatable bonds is 27. The van der Waals surface area contributed by atoms with Gasteiger partial charge in [-0.1, -0.05) is 6.07 Å². The van der Waals surface area contributed by atoms with Crippen LogP contribution in [0.3, 0.4) is 0 Å². The van der Waals surface area contributed by atoms with E-state index in [1.54, 1.807) is 37.3 Å². The second-order valence-electron chi connectivity index (χ2n) is 8.47. The van der Waals surface area contributed by atoms with E-state index in [4.69, 9.17) is 43.6 Å². The Hall–Kier alpha value is -1.87. The van der Waals surface area contributed by atoms with Crippen molar-refractivity contribution >= 4 is 11.6 Å². The second-order valence-corrected chi connectivity index (χ2v) is 8.47. The third-order valence-corrected chi connectivity index (χ3v) is 5.36. The number of carbonyl (C=O) groups is 1. The lowest BCUT2D eigenvalue weighted by Crippen LogP contribution is -2.27. The van der Waals surface area contributed by atoms with Gasteiger partial charge in [0.2, 0.25) is 5.91 Å². The van der Waals surface area contributed by atoms with Gasteiger partial charge in [0.15, 0.2) is 0 Å². The third-order valence-electron chi connectivity index (χ3n) is 5.36. The summed E-state index contributed by atoms with van der Waals surface area (Å²) >= 11 is 0. The Labute approximate surface area is 232 Å². The summed E-state index contributed by atoms with van der Waals surface area (Å²) in [6.45, 7) is 7.61. The Morgan fingerprint density at radius 2 is 1.10 bits per heavy atom. The van der Waals surface area contributed by atoms with Crippen LogP contribution >= 0.6 is 0 Å². The lowest BCUT2D eigenvalue weighted by molar-refractivity contribution is -0.131. The zero-order valence-corrected chi connectivity index (χ0v) is 23.6. The topological polar surface area (TPSA) is 140 Å². The van der Waals surface area contributed by atoms with Crippen molar-refractivity contribution in [1.82, 2.24) is 4.90 Å². The van der Waals surface area contributed by atoms with Gasteiger partial charge >= 0.3 is 0 Å². The summed E-state index contributed by atoms with van der Waals surface area (Å²) < 4.78 is 42.8. The fraction of sp³-hybridized carbons (Fsp3) is 0.741. The summed E-state index contributed by atoms with van der Waals surface area (Å²) in [7, 11) is 3.36. The number of aliphatic hydroxyl groups excluding tert-OH is 1. The quantitative estimate of drug-likeness (QED) is 0.117. The van der Waals surface area contributed by atoms with E-state index < -0.39 is 0 Å². The predicted octanol–water partition coefficient (Wildman–Crippen LogP) is 0.872. The van der Waals surface area contributed by atoms with Crippen molar-refractivity contribution in [2.45, 2.75) is 19.6 Å². The fourth-order valence-electron chi connectivity index (χ4n) is 3.21. The van der Waals surface area contributed by atoms with Gasteiger partial charge < -0.3 is 53.6 Å². The van der Waals surface area contributed by atoms with Gasteiger partial charge in [0.1, 0.15) is 0 Å². The minimum atomic E-state index is -0.0973. The highest BCUT2D eigenvalue weighted by atomic mass is 16.6. The summed E-state index contributed by atoms with van der Waals surface area (Å²) in [6, 6.07) is 5.28. The van der Waals surface area contributed by atoms with Crippen molar-refractivity contribution in [1.29, 1.82) is 0 Å². The molecule has 1 rings (SSSR count). The van der Waals surface area contributed by atoms with Crippen LogP contribution in [0.4, 0.5) is 5.69 Å². The summed E-state index contributed by atoms with van der Waals surface area (Å²) in [6.07, 6.45) is 0.264. The number of hydrogen-bond donors (Lipinski definition) is 2. The van der Waals surface area contributed by atoms with Crippen LogP contribution in [-0.2, 0) is 55.8 Å². The van der Waals surface area contributed by atoms with Gasteiger partial charge in [-0.25, -0.2) is 0 Å². The molecular formula is C27H48N2O10. The number of nitrogens with two attached hydrogens (primary N) is 1. The van der Waals surface area contributed by atoms with Crippen LogP contribution in [0.2, 0.25) is 0 Å². The van der Waals surface area contributed by atoms with E-state index in [1.807, 2.05) is 0 Å². The van der Waals surface area contributed by atoms with E-state index in [0.29, 0.717) is 111 Å². The predicted molar refractivity (Wildman–Crippen MR) is 145 cm³/mol. The second kappa shape index (κ2) is 25.1. The maximum Gasteiger partial charge on any atom is 0.224 e. The lowest BCUT2D eigenvalue weighted by Gasteiger charge is -2.19. The molecule has 12 nitrogen and oxygen atoms in total. The number of carbonyl (C=O) groups excluding carboxylic acids is 1. The molecule has 1 aromatic rings. The van der Waals surface area contributed by atoms with Gasteiger partial charge in [0.05, 0.1) is 112 Å². The van der Waals surface area contributed by atoms with Gasteiger partial charge in [-0.05, 0) is 23.3 Å². The molecule has 0 spiro atoms. The summed E-state index contributed by atoms with van der Waals surface area (Å²) in [5.74, 6) is -0.0472. The number of hydrogen-bond acceptors (Lipinski definition) is 11. The molecule has 0 unspecified atom stereocenters. The van der Waals surface area contributed by atoms with Crippen LogP contribution in [0.15, 0.2) is 18.2 Å². The average Bonchev–Trinajstić information content (AvgIpc) is 2.93. The van der Waals surface area contributed by atoms with E-state index in [-0.39, 0.29) is 18.9 Å². The molecule has 12 heteroatoms. The normalized spacial score (nSPS) is 11.3. The molecule has 1 amide bonds. The van der Waals surface area contributed by atoms with Crippen molar-refractivity contribution in [3.8, 4) is 0 Å². The lowest BCUT2D eigenvalue weighted by atomic mass is 10.1. The Morgan fingerprint density at radius 3 is 1.51 bits per heavy atom. The monoisotopic (exact) mass is 560 g/mol. The number of aliphatic hydroxyl groups is 1. The number of methoxy groups -OCH3 is 1. The molecule has 0 bridgehead atoms. The van der Waals surface area contributed by atoms with E-state index >= 15 is 0 Å². The number of nitrogens with zero attached hydrogens (tertiary/aromatic N) is 1. The first-order valence-electron chi connectivity index (χ1n) is 13.3. The van der Waals surface area contributed by atoms with Crippen molar-refractivity contribution in [2.24, 2.45) is 0 Å². The standard InChI is InChI=1S/C27H48N2O10/c1-29(22-25-21-26(28)4-3-24(25)23-30)27(31)5-6-33-9-10-35-13-14-37-17-18-39-20-19-38-16-15-36-12-11-34-8-7-32-2/h3-4,21,30H,5-20,22-23,28H2,1-2H3. The number of amides is 1. The van der Waals surface area contributed by atoms with Crippen LogP contribution in [0.1, 0.15) is 17.5 Å². The maximum absolute atomic E-state index is 12.3. The molecule has 0 aliphatic carbocycles. The summed E-state index contributed by atoms with van der Waals surface area (Å²) in [4.78, 5) is 13.9. The highest BCUT2D eigenvalue weighted by molar-refractivity contribution is 5.76. The largest absolute Gasteiger partial charge is 0.399 e. The number of ether oxygens (including phenoxy) is 8. The first kappa shape index (κ1) is 35.2. The third kappa shape index (κ3) is 19.8. The smallest absolute Gasteiger partial charge is 0.224 e. The Kier molecular flexibility index (Phi) is 22.6. The van der Waals surface area contributed by atoms with Crippen LogP contribution in [0.5, 0.6) is 0 Å². The van der Waals surface area contributed by atoms with Gasteiger partial charge in [-0.15, -0.1) is 0 Å². The van der Waals surface area contributed by atoms with Crippen LogP contribution in [-0.4, -0.2) is 129 Å². The molecule has 1 aromatic carbocycles. The molecule has 0 heterocycles. The van der Waals surface area contributed by atoms with Crippen LogP contribution < -0.4 is 5.73 Å². The van der Waals surface area contributed by atoms with E-state index in [9.17, 15) is 9.90 Å². The highest BCUT2D eigenvalue weighted by Gasteiger charge is 2.12. The van der Waals surface area contributed by atoms with Crippen molar-refractivity contribution < 1.29 is 47.8 Å². The average molecular weight is 561 g/mol. The van der Waals surface area contributed by atoms with Crippen molar-refractivity contribution in [3.05, 3.63) is 29.3 Å². The van der Waals surface area contributed by atoms with Crippen LogP contribution in [0, 0.1) is 0 Å². The molecule has 0 saturated heterocycles. The van der Waals surface area contributed by atoms with Gasteiger partial charge in [0.25, 0.3) is 0 Å². The van der Waals surface area contributed by atoms with E-state index in [0.717, 1.165) is 11.1 Å². The molecule has 0 atom stereocenters. The van der Waals surface area contributed by atoms with Gasteiger partial charge in [0, 0.05) is 26.4 Å². The summed E-state index contributed by atoms with van der Waals surface area (Å²) in [5, 5.41) is 9.46. The van der Waals surface area contributed by atoms with Gasteiger partial charge in [-0.3, -0.25) is 4.79 Å². The molecule has 0 aliphatic heterocycles. The van der Waals surface area contributed by atoms with Crippen molar-refractivity contribution in [3.63, 3.8) is 0 Å². The van der Waals surface area contributed by atoms with Crippen molar-refractivity contribution in [2.75, 3.05) is 119 Å². The first-order valence-corrected chi connectivity index (χ1v) is 13.3. The molecule has 0 aromatic heterocycles. The minimum Gasteiger partial charge on any atom is -0.399 e. The fourth-order valence-corrected chi connectivity index (χ4v) is 3.21. The zero-order valence-electron chi connectivity index (χ0n) is 23.6. The molecule has 0 saturated carbocycles. The Balaban J connectivity index is 1.82. The molecule has 3 N–H and O–H groups in total. The molecule has 0 fully saturated rings. The SMILES string of the molecule is COCCOCCOCCOCCOCCOCCOCCOCCC(=O)N(C)Cc1cc(N)ccc1CO. The number of benzene rings is 1. The van der Waals surface area contributed by atoms with E-state index in [2.05, 4.69) is 0 Å². The Morgan fingerprint density at radius 1 is 0.692 bits per heavy atom. The van der Waals surface area contributed by atoms with Gasteiger partial charge in [-0.2, -0.15) is 0 Å². The molecule has 0 aliphatic rings. The minimum absolute atomic E-state index is 0.0472. The summed E-state index contributed by atoms with van der Waals surface area (Å²) in [5.41, 5.74) is 8.00. The van der Waals surface area contributed by atoms with E-state index in [1.165, 1.54) is 0 Å². The zero-order chi connectivity index (χ0) is 28.4. The molecule has 226 valence electrons. The number of anilines is 1. The highest BCUT2D eigenvalue weighted by Crippen LogP contribution is 2.16. The van der Waals surface area contributed by atoms with Crippen LogP contribution in [0.25, 0.3) is 0 Å². The molecular weight excluding hydrogens is 512 g/mol. The Bertz CT molecular complexity index is 726.